The molecule has 4 fully saturated rings. The van der Waals surface area contributed by atoms with Crippen molar-refractivity contribution in [3.05, 3.63) is 23.3 Å². The molecule has 2 saturated heterocycles. The van der Waals surface area contributed by atoms with Crippen LogP contribution in [0.15, 0.2) is 23.3 Å². The van der Waals surface area contributed by atoms with Crippen LogP contribution < -0.4 is 0 Å². The highest BCUT2D eigenvalue weighted by Gasteiger charge is 2.90. The minimum absolute atomic E-state index is 0.0400. The number of aliphatic hydroxyl groups is 1. The first-order chi connectivity index (χ1) is 24.1. The molecule has 6 aliphatic rings. The van der Waals surface area contributed by atoms with Gasteiger partial charge in [0.25, 0.3) is 6.29 Å². The topological polar surface area (TPSA) is 187 Å². The second-order valence-electron chi connectivity index (χ2n) is 16.6. The summed E-state index contributed by atoms with van der Waals surface area (Å²) in [5.74, 6) is -9.81. The summed E-state index contributed by atoms with van der Waals surface area (Å²) in [7, 11) is 1.27. The van der Waals surface area contributed by atoms with E-state index in [1.807, 2.05) is 27.7 Å². The number of ether oxygens (including phenoxy) is 7. The Hall–Kier alpha value is -3.78. The highest BCUT2D eigenvalue weighted by Crippen LogP contribution is 2.80. The highest BCUT2D eigenvalue weighted by atomic mass is 16.7. The number of carbonyl (C=O) groups excluding carboxylic acids is 6. The molecular formula is C38H50O14. The van der Waals surface area contributed by atoms with Gasteiger partial charge >= 0.3 is 35.8 Å². The van der Waals surface area contributed by atoms with Gasteiger partial charge in [-0.1, -0.05) is 55.4 Å². The molecule has 12 atom stereocenters. The molecule has 0 aromatic heterocycles. The van der Waals surface area contributed by atoms with Crippen LogP contribution in [-0.4, -0.2) is 84.0 Å². The van der Waals surface area contributed by atoms with Gasteiger partial charge in [0, 0.05) is 47.7 Å². The van der Waals surface area contributed by atoms with Gasteiger partial charge in [-0.25, -0.2) is 9.59 Å². The van der Waals surface area contributed by atoms with Crippen LogP contribution in [0.5, 0.6) is 0 Å². The number of cyclic esters (lactones) is 2. The van der Waals surface area contributed by atoms with Crippen molar-refractivity contribution in [1.29, 1.82) is 0 Å². The van der Waals surface area contributed by atoms with Crippen LogP contribution in [0.1, 0.15) is 88.0 Å². The third-order valence-corrected chi connectivity index (χ3v) is 13.2. The third kappa shape index (κ3) is 5.02. The van der Waals surface area contributed by atoms with Crippen LogP contribution in [0.2, 0.25) is 0 Å². The zero-order chi connectivity index (χ0) is 38.5. The summed E-state index contributed by atoms with van der Waals surface area (Å²) in [6.45, 7) is 15.4. The number of methoxy groups -OCH3 is 1. The minimum Gasteiger partial charge on any atom is -0.469 e. The van der Waals surface area contributed by atoms with Crippen molar-refractivity contribution >= 4 is 35.8 Å². The van der Waals surface area contributed by atoms with Crippen LogP contribution in [-0.2, 0) is 61.9 Å². The van der Waals surface area contributed by atoms with Gasteiger partial charge in [0.1, 0.15) is 23.9 Å². The van der Waals surface area contributed by atoms with Gasteiger partial charge in [-0.05, 0) is 30.8 Å². The molecule has 0 aromatic rings. The molecule has 3 unspecified atom stereocenters. The maximum atomic E-state index is 13.9. The lowest BCUT2D eigenvalue weighted by Crippen LogP contribution is -2.76. The van der Waals surface area contributed by atoms with Gasteiger partial charge < -0.3 is 38.3 Å². The molecule has 2 aliphatic carbocycles. The smallest absolute Gasteiger partial charge is 0.341 e. The number of carbonyl (C=O) groups is 6. The van der Waals surface area contributed by atoms with E-state index in [1.165, 1.54) is 26.2 Å². The van der Waals surface area contributed by atoms with E-state index in [0.717, 1.165) is 0 Å². The van der Waals surface area contributed by atoms with E-state index in [2.05, 4.69) is 0 Å². The first kappa shape index (κ1) is 38.0. The molecule has 14 nitrogen and oxygen atoms in total. The summed E-state index contributed by atoms with van der Waals surface area (Å²) in [4.78, 5) is 79.1. The van der Waals surface area contributed by atoms with Crippen LogP contribution in [0, 0.1) is 45.8 Å². The van der Waals surface area contributed by atoms with E-state index in [9.17, 15) is 33.9 Å². The number of hydrogen-bond donors (Lipinski definition) is 1. The van der Waals surface area contributed by atoms with Crippen molar-refractivity contribution in [3.8, 4) is 0 Å². The summed E-state index contributed by atoms with van der Waals surface area (Å²) >= 11 is 0. The van der Waals surface area contributed by atoms with Gasteiger partial charge in [0.2, 0.25) is 0 Å². The fourth-order valence-corrected chi connectivity index (χ4v) is 10.5. The Bertz CT molecular complexity index is 1660. The highest BCUT2D eigenvalue weighted by molar-refractivity contribution is 5.95. The number of fused-ring (bicyclic) bond motifs is 2. The van der Waals surface area contributed by atoms with Crippen molar-refractivity contribution < 1.29 is 67.0 Å². The molecule has 6 rings (SSSR count). The Labute approximate surface area is 302 Å². The molecule has 0 aromatic carbocycles. The lowest BCUT2D eigenvalue weighted by Gasteiger charge is -2.67. The molecule has 0 radical (unpaired) electrons. The Kier molecular flexibility index (Phi) is 9.05. The van der Waals surface area contributed by atoms with Crippen molar-refractivity contribution in [1.82, 2.24) is 0 Å². The van der Waals surface area contributed by atoms with Crippen LogP contribution in [0.25, 0.3) is 0 Å². The second kappa shape index (κ2) is 12.4. The lowest BCUT2D eigenvalue weighted by molar-refractivity contribution is -0.326. The Balaban J connectivity index is 1.59. The van der Waals surface area contributed by atoms with Crippen LogP contribution in [0.3, 0.4) is 0 Å². The molecule has 1 spiro atoms. The lowest BCUT2D eigenvalue weighted by atomic mass is 9.37. The molecule has 52 heavy (non-hydrogen) atoms. The summed E-state index contributed by atoms with van der Waals surface area (Å²) in [5.41, 5.74) is -4.85. The molecule has 0 amide bonds. The first-order valence-electron chi connectivity index (χ1n) is 18.1. The Morgan fingerprint density at radius 2 is 1.63 bits per heavy atom. The van der Waals surface area contributed by atoms with Crippen LogP contribution >= 0.6 is 0 Å². The summed E-state index contributed by atoms with van der Waals surface area (Å²) in [5, 5.41) is 13.2. The summed E-state index contributed by atoms with van der Waals surface area (Å²) in [6, 6.07) is 0. The molecule has 2 bridgehead atoms. The van der Waals surface area contributed by atoms with Gasteiger partial charge in [0.05, 0.1) is 30.4 Å². The Morgan fingerprint density at radius 1 is 0.981 bits per heavy atom. The predicted molar refractivity (Wildman–Crippen MR) is 177 cm³/mol. The van der Waals surface area contributed by atoms with E-state index in [1.54, 1.807) is 27.7 Å². The zero-order valence-corrected chi connectivity index (χ0v) is 31.4. The first-order valence-corrected chi connectivity index (χ1v) is 18.1. The SMILES string of the molecule is CCC(C)C(=O)O[C@@H]1C2[C@@H](OC(=O)C(C)C)C(C)(C)[C@H](CC(=O)OC)[C@@]3(C)[C@H]4CC[C@]5(C)C(=CC(=O)O[C@H]5C5=CC(OC(C)=O)OC5=O)[C@]14O[C@@]23O. The van der Waals surface area contributed by atoms with Crippen molar-refractivity contribution in [2.75, 3.05) is 7.11 Å². The molecule has 1 N–H and O–H groups in total. The van der Waals surface area contributed by atoms with E-state index >= 15 is 0 Å². The molecule has 286 valence electrons. The van der Waals surface area contributed by atoms with Crippen molar-refractivity contribution in [2.45, 2.75) is 124 Å². The average Bonchev–Trinajstić information content (AvgIpc) is 3.62. The van der Waals surface area contributed by atoms with Crippen LogP contribution in [0.4, 0.5) is 0 Å². The van der Waals surface area contributed by atoms with Gasteiger partial charge in [-0.2, -0.15) is 0 Å². The van der Waals surface area contributed by atoms with Gasteiger partial charge in [0.15, 0.2) is 5.79 Å². The maximum absolute atomic E-state index is 13.9. The van der Waals surface area contributed by atoms with Gasteiger partial charge in [-0.15, -0.1) is 0 Å². The monoisotopic (exact) mass is 730 g/mol. The quantitative estimate of drug-likeness (QED) is 0.268. The number of esters is 6. The number of rotatable bonds is 9. The molecule has 14 heteroatoms. The van der Waals surface area contributed by atoms with E-state index in [4.69, 9.17) is 33.2 Å². The molecule has 4 aliphatic heterocycles. The number of hydrogen-bond acceptors (Lipinski definition) is 14. The molecular weight excluding hydrogens is 680 g/mol. The van der Waals surface area contributed by atoms with E-state index in [-0.39, 0.29) is 12.0 Å². The predicted octanol–water partition coefficient (Wildman–Crippen LogP) is 3.47. The standard InChI is InChI=1S/C38H50O14/c1-11-18(4)32(43)51-30-27-29(50-31(42)17(2)3)34(6,7)22(15-24(40)46-10)36(9)21-12-13-35(8)23(37(21,30)52-38(27,36)45)16-25(41)48-28(35)20-14-26(47-19(5)39)49-33(20)44/h14,16-18,21-22,26-30,45H,11-13,15H2,1-10H3/t18?,21-,22+,26?,27?,28+,29-,30-,35-,36-,37+,38+/m1/s1. The maximum Gasteiger partial charge on any atom is 0.341 e. The Morgan fingerprint density at radius 3 is 2.23 bits per heavy atom. The molecule has 4 heterocycles. The second-order valence-corrected chi connectivity index (χ2v) is 16.6. The third-order valence-electron chi connectivity index (χ3n) is 13.2. The fraction of sp³-hybridized carbons (Fsp3) is 0.737. The van der Waals surface area contributed by atoms with E-state index in [0.29, 0.717) is 24.8 Å². The van der Waals surface area contributed by atoms with Crippen molar-refractivity contribution in [3.63, 3.8) is 0 Å². The minimum atomic E-state index is -2.15. The van der Waals surface area contributed by atoms with Crippen molar-refractivity contribution in [2.24, 2.45) is 45.8 Å². The van der Waals surface area contributed by atoms with Gasteiger partial charge in [-0.3, -0.25) is 19.2 Å². The summed E-state index contributed by atoms with van der Waals surface area (Å²) in [6.07, 6.45) is -1.51. The normalized spacial score (nSPS) is 41.4. The van der Waals surface area contributed by atoms with E-state index < -0.39 is 118 Å². The fourth-order valence-electron chi connectivity index (χ4n) is 10.5. The molecule has 2 saturated carbocycles. The summed E-state index contributed by atoms with van der Waals surface area (Å²) < 4.78 is 41.2. The zero-order valence-electron chi connectivity index (χ0n) is 31.4. The average molecular weight is 731 g/mol. The largest absolute Gasteiger partial charge is 0.469 e.